The number of rotatable bonds is 5. The van der Waals surface area contributed by atoms with Gasteiger partial charge in [-0.15, -0.1) is 0 Å². The van der Waals surface area contributed by atoms with Crippen molar-refractivity contribution in [3.8, 4) is 0 Å². The molecule has 2 aromatic rings. The van der Waals surface area contributed by atoms with Crippen molar-refractivity contribution >= 4 is 15.9 Å². The summed E-state index contributed by atoms with van der Waals surface area (Å²) in [5, 5.41) is 0. The predicted octanol–water partition coefficient (Wildman–Crippen LogP) is 2.36. The molecule has 6 nitrogen and oxygen atoms in total. The van der Waals surface area contributed by atoms with Crippen LogP contribution in [0.4, 0.5) is 0 Å². The average molecular weight is 376 g/mol. The Morgan fingerprint density at radius 2 is 1.85 bits per heavy atom. The van der Waals surface area contributed by atoms with E-state index in [-0.39, 0.29) is 5.91 Å². The molecule has 2 heterocycles. The van der Waals surface area contributed by atoms with E-state index in [2.05, 4.69) is 0 Å². The molecule has 0 aliphatic carbocycles. The zero-order valence-corrected chi connectivity index (χ0v) is 16.0. The van der Waals surface area contributed by atoms with Crippen molar-refractivity contribution in [2.24, 2.45) is 0 Å². The molecule has 1 fully saturated rings. The quantitative estimate of drug-likeness (QED) is 0.803. The van der Waals surface area contributed by atoms with E-state index >= 15 is 0 Å². The van der Waals surface area contributed by atoms with Crippen LogP contribution in [-0.2, 0) is 21.2 Å². The third kappa shape index (κ3) is 3.99. The number of furan rings is 1. The highest BCUT2D eigenvalue weighted by Crippen LogP contribution is 2.22. The number of piperazine rings is 1. The summed E-state index contributed by atoms with van der Waals surface area (Å²) in [7, 11) is -3.53. The van der Waals surface area contributed by atoms with Crippen LogP contribution in [0, 0.1) is 13.8 Å². The van der Waals surface area contributed by atoms with E-state index in [1.807, 2.05) is 32.0 Å². The number of hydrogen-bond acceptors (Lipinski definition) is 4. The van der Waals surface area contributed by atoms with Crippen molar-refractivity contribution < 1.29 is 17.6 Å². The van der Waals surface area contributed by atoms with Crippen LogP contribution in [0.1, 0.15) is 23.3 Å². The molecular weight excluding hydrogens is 352 g/mol. The Kier molecular flexibility index (Phi) is 5.48. The van der Waals surface area contributed by atoms with Gasteiger partial charge in [-0.25, -0.2) is 8.42 Å². The van der Waals surface area contributed by atoms with Gasteiger partial charge in [0.1, 0.15) is 5.76 Å². The van der Waals surface area contributed by atoms with Gasteiger partial charge in [-0.3, -0.25) is 4.79 Å². The largest absolute Gasteiger partial charge is 0.469 e. The number of sulfonamides is 1. The first-order valence-corrected chi connectivity index (χ1v) is 10.2. The molecule has 1 saturated heterocycles. The lowest BCUT2D eigenvalue weighted by Crippen LogP contribution is -2.50. The number of hydrogen-bond donors (Lipinski definition) is 0. The van der Waals surface area contributed by atoms with Crippen LogP contribution in [0.15, 0.2) is 45.9 Å². The minimum Gasteiger partial charge on any atom is -0.469 e. The normalized spacial score (nSPS) is 16.0. The lowest BCUT2D eigenvalue weighted by molar-refractivity contribution is -0.132. The number of aryl methyl sites for hydroxylation is 3. The fourth-order valence-electron chi connectivity index (χ4n) is 3.25. The Morgan fingerprint density at radius 1 is 1.12 bits per heavy atom. The van der Waals surface area contributed by atoms with Gasteiger partial charge in [-0.2, -0.15) is 4.31 Å². The molecule has 0 N–H and O–H groups in total. The van der Waals surface area contributed by atoms with E-state index in [1.54, 1.807) is 23.3 Å². The van der Waals surface area contributed by atoms with Crippen molar-refractivity contribution in [1.82, 2.24) is 9.21 Å². The van der Waals surface area contributed by atoms with Crippen molar-refractivity contribution in [1.29, 1.82) is 0 Å². The number of carbonyl (C=O) groups is 1. The summed E-state index contributed by atoms with van der Waals surface area (Å²) in [5.41, 5.74) is 1.79. The maximum Gasteiger partial charge on any atom is 0.243 e. The molecule has 1 aromatic heterocycles. The smallest absolute Gasteiger partial charge is 0.243 e. The van der Waals surface area contributed by atoms with Crippen LogP contribution in [0.25, 0.3) is 0 Å². The maximum absolute atomic E-state index is 12.9. The fourth-order valence-corrected chi connectivity index (χ4v) is 4.88. The standard InChI is InChI=1S/C19H24N2O4S/c1-15-5-7-18(16(2)14-15)26(23,24)21-11-9-20(10-12-21)19(22)8-6-17-4-3-13-25-17/h3-5,7,13-14H,6,8-12H2,1-2H3. The zero-order valence-electron chi connectivity index (χ0n) is 15.1. The second-order valence-electron chi connectivity index (χ2n) is 6.63. The highest BCUT2D eigenvalue weighted by atomic mass is 32.2. The van der Waals surface area contributed by atoms with Crippen LogP contribution >= 0.6 is 0 Å². The van der Waals surface area contributed by atoms with E-state index in [0.29, 0.717) is 43.9 Å². The number of carbonyl (C=O) groups excluding carboxylic acids is 1. The Morgan fingerprint density at radius 3 is 2.46 bits per heavy atom. The molecule has 7 heteroatoms. The lowest BCUT2D eigenvalue weighted by atomic mass is 10.2. The van der Waals surface area contributed by atoms with E-state index in [4.69, 9.17) is 4.42 Å². The average Bonchev–Trinajstić information content (AvgIpc) is 3.13. The Hall–Kier alpha value is -2.12. The molecule has 0 spiro atoms. The zero-order chi connectivity index (χ0) is 18.7. The van der Waals surface area contributed by atoms with Gasteiger partial charge in [0.25, 0.3) is 0 Å². The molecule has 1 aromatic carbocycles. The van der Waals surface area contributed by atoms with Crippen LogP contribution in [0.5, 0.6) is 0 Å². The number of benzene rings is 1. The molecule has 3 rings (SSSR count). The van der Waals surface area contributed by atoms with Gasteiger partial charge in [0.2, 0.25) is 15.9 Å². The minimum absolute atomic E-state index is 0.0324. The molecule has 0 unspecified atom stereocenters. The van der Waals surface area contributed by atoms with E-state index < -0.39 is 10.0 Å². The van der Waals surface area contributed by atoms with Crippen molar-refractivity contribution in [2.75, 3.05) is 26.2 Å². The van der Waals surface area contributed by atoms with Crippen molar-refractivity contribution in [3.05, 3.63) is 53.5 Å². The predicted molar refractivity (Wildman–Crippen MR) is 98.3 cm³/mol. The van der Waals surface area contributed by atoms with Crippen LogP contribution in [-0.4, -0.2) is 49.7 Å². The van der Waals surface area contributed by atoms with Crippen molar-refractivity contribution in [2.45, 2.75) is 31.6 Å². The third-order valence-corrected chi connectivity index (χ3v) is 6.76. The molecule has 1 aliphatic heterocycles. The monoisotopic (exact) mass is 376 g/mol. The molecule has 0 atom stereocenters. The van der Waals surface area contributed by atoms with Gasteiger partial charge in [-0.05, 0) is 37.6 Å². The van der Waals surface area contributed by atoms with E-state index in [9.17, 15) is 13.2 Å². The first-order chi connectivity index (χ1) is 12.4. The summed E-state index contributed by atoms with van der Waals surface area (Å²) in [4.78, 5) is 14.4. The summed E-state index contributed by atoms with van der Waals surface area (Å²) in [6.45, 7) is 5.23. The molecule has 1 aliphatic rings. The molecule has 26 heavy (non-hydrogen) atoms. The second-order valence-corrected chi connectivity index (χ2v) is 8.54. The number of amides is 1. The second kappa shape index (κ2) is 7.63. The number of nitrogens with zero attached hydrogens (tertiary/aromatic N) is 2. The maximum atomic E-state index is 12.9. The van der Waals surface area contributed by atoms with Gasteiger partial charge in [0.05, 0.1) is 11.2 Å². The summed E-state index contributed by atoms with van der Waals surface area (Å²) >= 11 is 0. The first-order valence-electron chi connectivity index (χ1n) is 8.75. The topological polar surface area (TPSA) is 70.8 Å². The van der Waals surface area contributed by atoms with Crippen LogP contribution < -0.4 is 0 Å². The Balaban J connectivity index is 1.59. The molecule has 140 valence electrons. The SMILES string of the molecule is Cc1ccc(S(=O)(=O)N2CCN(C(=O)CCc3ccco3)CC2)c(C)c1. The molecule has 1 amide bonds. The molecule has 0 radical (unpaired) electrons. The van der Waals surface area contributed by atoms with E-state index in [0.717, 1.165) is 16.9 Å². The minimum atomic E-state index is -3.53. The summed E-state index contributed by atoms with van der Waals surface area (Å²) in [6, 6.07) is 9.01. The Labute approximate surface area is 154 Å². The summed E-state index contributed by atoms with van der Waals surface area (Å²) in [5.74, 6) is 0.819. The third-order valence-electron chi connectivity index (χ3n) is 4.70. The molecular formula is C19H24N2O4S. The highest BCUT2D eigenvalue weighted by molar-refractivity contribution is 7.89. The Bertz CT molecular complexity index is 867. The van der Waals surface area contributed by atoms with Gasteiger partial charge in [0, 0.05) is 39.0 Å². The summed E-state index contributed by atoms with van der Waals surface area (Å²) in [6.07, 6.45) is 2.53. The van der Waals surface area contributed by atoms with Crippen molar-refractivity contribution in [3.63, 3.8) is 0 Å². The summed E-state index contributed by atoms with van der Waals surface area (Å²) < 4.78 is 32.5. The van der Waals surface area contributed by atoms with E-state index in [1.165, 1.54) is 4.31 Å². The lowest BCUT2D eigenvalue weighted by Gasteiger charge is -2.34. The highest BCUT2D eigenvalue weighted by Gasteiger charge is 2.30. The molecule has 0 saturated carbocycles. The fraction of sp³-hybridized carbons (Fsp3) is 0.421. The van der Waals surface area contributed by atoms with Crippen LogP contribution in [0.3, 0.4) is 0 Å². The van der Waals surface area contributed by atoms with Crippen LogP contribution in [0.2, 0.25) is 0 Å². The van der Waals surface area contributed by atoms with Gasteiger partial charge < -0.3 is 9.32 Å². The van der Waals surface area contributed by atoms with Gasteiger partial charge in [0.15, 0.2) is 0 Å². The van der Waals surface area contributed by atoms with Gasteiger partial charge in [-0.1, -0.05) is 17.7 Å². The first kappa shape index (κ1) is 18.7. The van der Waals surface area contributed by atoms with Gasteiger partial charge >= 0.3 is 0 Å². The molecule has 0 bridgehead atoms.